The summed E-state index contributed by atoms with van der Waals surface area (Å²) >= 11 is 0. The molecule has 0 fully saturated rings. The summed E-state index contributed by atoms with van der Waals surface area (Å²) in [5.74, 6) is 0. The van der Waals surface area contributed by atoms with Crippen molar-refractivity contribution in [2.45, 2.75) is 25.7 Å². The third kappa shape index (κ3) is 9.67. The van der Waals surface area contributed by atoms with Crippen LogP contribution >= 0.6 is 0 Å². The number of nitrogens with zero attached hydrogens (tertiary/aromatic N) is 2. The third-order valence-electron chi connectivity index (χ3n) is 2.28. The lowest BCUT2D eigenvalue weighted by molar-refractivity contribution is 0.147. The average Bonchev–Trinajstić information content (AvgIpc) is 2.27. The van der Waals surface area contributed by atoms with E-state index in [-0.39, 0.29) is 6.61 Å². The lowest BCUT2D eigenvalue weighted by atomic mass is 10.2. The van der Waals surface area contributed by atoms with Gasteiger partial charge in [0.25, 0.3) is 0 Å². The van der Waals surface area contributed by atoms with Gasteiger partial charge in [-0.15, -0.1) is 0 Å². The predicted octanol–water partition coefficient (Wildman–Crippen LogP) is 1.01. The van der Waals surface area contributed by atoms with E-state index in [4.69, 9.17) is 15.1 Å². The molecule has 0 rings (SSSR count). The fraction of sp³-hybridized carbons (Fsp3) is 0.909. The summed E-state index contributed by atoms with van der Waals surface area (Å²) in [6.45, 7) is 3.68. The fourth-order valence-electron chi connectivity index (χ4n) is 1.39. The fourth-order valence-corrected chi connectivity index (χ4v) is 1.39. The van der Waals surface area contributed by atoms with Crippen molar-refractivity contribution in [3.05, 3.63) is 0 Å². The molecule has 0 unspecified atom stereocenters. The van der Waals surface area contributed by atoms with E-state index in [1.807, 2.05) is 0 Å². The van der Waals surface area contributed by atoms with E-state index >= 15 is 0 Å². The molecule has 0 atom stereocenters. The molecule has 0 aromatic heterocycles. The van der Waals surface area contributed by atoms with Gasteiger partial charge in [-0.1, -0.05) is 0 Å². The molecule has 0 aromatic rings. The van der Waals surface area contributed by atoms with Gasteiger partial charge in [0.2, 0.25) is 0 Å². The van der Waals surface area contributed by atoms with Crippen molar-refractivity contribution >= 4 is 0 Å². The first-order chi connectivity index (χ1) is 7.35. The number of ether oxygens (including phenoxy) is 1. The Morgan fingerprint density at radius 1 is 1.20 bits per heavy atom. The topological polar surface area (TPSA) is 56.5 Å². The quantitative estimate of drug-likeness (QED) is 0.551. The Bertz CT molecular complexity index is 168. The van der Waals surface area contributed by atoms with Crippen LogP contribution in [0.5, 0.6) is 0 Å². The number of aliphatic hydroxyl groups excluding tert-OH is 1. The van der Waals surface area contributed by atoms with Gasteiger partial charge in [0.15, 0.2) is 0 Å². The van der Waals surface area contributed by atoms with Gasteiger partial charge in [0.1, 0.15) is 0 Å². The van der Waals surface area contributed by atoms with Crippen LogP contribution in [-0.2, 0) is 4.74 Å². The maximum absolute atomic E-state index is 8.64. The molecule has 4 heteroatoms. The molecular formula is C11H22N2O2. The predicted molar refractivity (Wildman–Crippen MR) is 59.5 cm³/mol. The van der Waals surface area contributed by atoms with Crippen LogP contribution < -0.4 is 0 Å². The van der Waals surface area contributed by atoms with Gasteiger partial charge in [-0.3, -0.25) is 0 Å². The summed E-state index contributed by atoms with van der Waals surface area (Å²) in [5.41, 5.74) is 0. The molecule has 0 radical (unpaired) electrons. The first kappa shape index (κ1) is 14.4. The van der Waals surface area contributed by atoms with E-state index in [9.17, 15) is 0 Å². The molecule has 88 valence electrons. The number of aliphatic hydroxyl groups is 1. The van der Waals surface area contributed by atoms with Crippen LogP contribution in [0.1, 0.15) is 25.7 Å². The van der Waals surface area contributed by atoms with E-state index in [1.54, 1.807) is 7.11 Å². The maximum Gasteiger partial charge on any atom is 0.0635 e. The second-order valence-corrected chi connectivity index (χ2v) is 3.53. The summed E-state index contributed by atoms with van der Waals surface area (Å²) in [5, 5.41) is 17.1. The van der Waals surface area contributed by atoms with Crippen LogP contribution in [0.3, 0.4) is 0 Å². The van der Waals surface area contributed by atoms with Gasteiger partial charge < -0.3 is 14.7 Å². The summed E-state index contributed by atoms with van der Waals surface area (Å²) in [4.78, 5) is 2.24. The van der Waals surface area contributed by atoms with Gasteiger partial charge in [-0.25, -0.2) is 0 Å². The third-order valence-corrected chi connectivity index (χ3v) is 2.28. The van der Waals surface area contributed by atoms with Crippen molar-refractivity contribution in [1.82, 2.24) is 4.90 Å². The lowest BCUT2D eigenvalue weighted by Crippen LogP contribution is -2.29. The highest BCUT2D eigenvalue weighted by Gasteiger charge is 2.03. The average molecular weight is 214 g/mol. The van der Waals surface area contributed by atoms with Crippen LogP contribution in [0.15, 0.2) is 0 Å². The molecule has 1 N–H and O–H groups in total. The largest absolute Gasteiger partial charge is 0.396 e. The van der Waals surface area contributed by atoms with Crippen LogP contribution in [0.2, 0.25) is 0 Å². The van der Waals surface area contributed by atoms with Gasteiger partial charge in [-0.05, 0) is 25.8 Å². The number of hydrogen-bond donors (Lipinski definition) is 1. The van der Waals surface area contributed by atoms with Gasteiger partial charge >= 0.3 is 0 Å². The second-order valence-electron chi connectivity index (χ2n) is 3.53. The Hall–Kier alpha value is -0.630. The molecular weight excluding hydrogens is 192 g/mol. The molecule has 0 aliphatic carbocycles. The van der Waals surface area contributed by atoms with E-state index in [0.717, 1.165) is 38.9 Å². The Morgan fingerprint density at radius 3 is 2.60 bits per heavy atom. The minimum atomic E-state index is 0.274. The molecule has 15 heavy (non-hydrogen) atoms. The molecule has 4 nitrogen and oxygen atoms in total. The molecule has 0 amide bonds. The number of rotatable bonds is 10. The molecule has 0 aliphatic heterocycles. The summed E-state index contributed by atoms with van der Waals surface area (Å²) in [6, 6.07) is 2.15. The molecule has 0 aromatic carbocycles. The maximum atomic E-state index is 8.64. The normalized spacial score (nSPS) is 10.5. The summed E-state index contributed by atoms with van der Waals surface area (Å²) in [7, 11) is 1.69. The minimum absolute atomic E-state index is 0.274. The zero-order valence-corrected chi connectivity index (χ0v) is 9.61. The molecule has 0 saturated carbocycles. The molecule has 0 spiro atoms. The van der Waals surface area contributed by atoms with Crippen molar-refractivity contribution in [3.8, 4) is 6.07 Å². The first-order valence-corrected chi connectivity index (χ1v) is 5.54. The molecule has 0 saturated heterocycles. The van der Waals surface area contributed by atoms with Gasteiger partial charge in [0, 0.05) is 33.2 Å². The number of methoxy groups -OCH3 is 1. The van der Waals surface area contributed by atoms with Gasteiger partial charge in [0.05, 0.1) is 12.7 Å². The van der Waals surface area contributed by atoms with Crippen LogP contribution in [0.25, 0.3) is 0 Å². The van der Waals surface area contributed by atoms with Crippen LogP contribution in [-0.4, -0.2) is 50.0 Å². The second kappa shape index (κ2) is 11.4. The van der Waals surface area contributed by atoms with E-state index in [0.29, 0.717) is 13.0 Å². The monoisotopic (exact) mass is 214 g/mol. The van der Waals surface area contributed by atoms with Crippen molar-refractivity contribution < 1.29 is 9.84 Å². The molecule has 0 heterocycles. The molecule has 0 aliphatic rings. The van der Waals surface area contributed by atoms with Crippen LogP contribution in [0, 0.1) is 11.3 Å². The van der Waals surface area contributed by atoms with E-state index < -0.39 is 0 Å². The number of nitriles is 1. The zero-order valence-electron chi connectivity index (χ0n) is 9.61. The van der Waals surface area contributed by atoms with Crippen molar-refractivity contribution in [2.24, 2.45) is 0 Å². The van der Waals surface area contributed by atoms with E-state index in [2.05, 4.69) is 11.0 Å². The van der Waals surface area contributed by atoms with Gasteiger partial charge in [-0.2, -0.15) is 5.26 Å². The Balaban J connectivity index is 3.55. The standard InChI is InChI=1S/C11H22N2O2/c1-15-11-9-13(8-5-6-12)7-3-2-4-10-14/h14H,2-5,7-11H2,1H3. The number of hydrogen-bond acceptors (Lipinski definition) is 4. The van der Waals surface area contributed by atoms with Crippen molar-refractivity contribution in [2.75, 3.05) is 40.0 Å². The summed E-state index contributed by atoms with van der Waals surface area (Å²) < 4.78 is 5.02. The van der Waals surface area contributed by atoms with Crippen LogP contribution in [0.4, 0.5) is 0 Å². The van der Waals surface area contributed by atoms with E-state index in [1.165, 1.54) is 0 Å². The summed E-state index contributed by atoms with van der Waals surface area (Å²) in [6.07, 6.45) is 3.57. The minimum Gasteiger partial charge on any atom is -0.396 e. The zero-order chi connectivity index (χ0) is 11.4. The Morgan fingerprint density at radius 2 is 2.00 bits per heavy atom. The SMILES string of the molecule is COCCN(CCC#N)CCCCCO. The Labute approximate surface area is 92.4 Å². The Kier molecular flexibility index (Phi) is 11.0. The first-order valence-electron chi connectivity index (χ1n) is 5.54. The highest BCUT2D eigenvalue weighted by atomic mass is 16.5. The lowest BCUT2D eigenvalue weighted by Gasteiger charge is -2.20. The highest BCUT2D eigenvalue weighted by Crippen LogP contribution is 1.99. The number of unbranched alkanes of at least 4 members (excludes halogenated alkanes) is 2. The molecule has 0 bridgehead atoms. The van der Waals surface area contributed by atoms with Crippen molar-refractivity contribution in [3.63, 3.8) is 0 Å². The van der Waals surface area contributed by atoms with Crippen molar-refractivity contribution in [1.29, 1.82) is 5.26 Å². The smallest absolute Gasteiger partial charge is 0.0635 e. The highest BCUT2D eigenvalue weighted by molar-refractivity contribution is 4.72.